The van der Waals surface area contributed by atoms with Crippen LogP contribution in [0.4, 0.5) is 0 Å². The molecule has 0 aromatic carbocycles. The summed E-state index contributed by atoms with van der Waals surface area (Å²) in [6.07, 6.45) is 0.530. The Morgan fingerprint density at radius 2 is 1.50 bits per heavy atom. The van der Waals surface area contributed by atoms with Crippen LogP contribution in [-0.4, -0.2) is 64.3 Å². The van der Waals surface area contributed by atoms with Gasteiger partial charge in [-0.25, -0.2) is 0 Å². The molecule has 0 radical (unpaired) electrons. The summed E-state index contributed by atoms with van der Waals surface area (Å²) >= 11 is 0. The summed E-state index contributed by atoms with van der Waals surface area (Å²) in [7, 11) is 0. The number of rotatable bonds is 9. The number of hydrogen-bond acceptors (Lipinski definition) is 6. The number of aliphatic hydroxyl groups is 4. The fraction of sp³-hybridized carbons (Fsp3) is 1.00. The Balaban J connectivity index is 2.09. The third kappa shape index (κ3) is 5.63. The van der Waals surface area contributed by atoms with Crippen LogP contribution in [0.15, 0.2) is 0 Å². The molecule has 6 nitrogen and oxygen atoms in total. The summed E-state index contributed by atoms with van der Waals surface area (Å²) in [6, 6.07) is 0. The second kappa shape index (κ2) is 9.65. The maximum atomic E-state index is 9.70. The number of ether oxygens (including phenoxy) is 2. The van der Waals surface area contributed by atoms with Gasteiger partial charge in [-0.2, -0.15) is 0 Å². The first-order valence-corrected chi connectivity index (χ1v) is 7.53. The smallest absolute Gasteiger partial charge is 0.184 e. The molecule has 1 aliphatic rings. The van der Waals surface area contributed by atoms with Gasteiger partial charge < -0.3 is 29.9 Å². The molecule has 0 bridgehead atoms. The second-order valence-electron chi connectivity index (χ2n) is 5.38. The van der Waals surface area contributed by atoms with E-state index in [2.05, 4.69) is 6.92 Å². The van der Waals surface area contributed by atoms with E-state index in [9.17, 15) is 20.4 Å². The molecule has 5 atom stereocenters. The molecule has 0 amide bonds. The largest absolute Gasteiger partial charge is 0.387 e. The lowest BCUT2D eigenvalue weighted by atomic mass is 9.99. The third-order valence-corrected chi connectivity index (χ3v) is 3.61. The van der Waals surface area contributed by atoms with Crippen LogP contribution in [0.3, 0.4) is 0 Å². The maximum Gasteiger partial charge on any atom is 0.184 e. The lowest BCUT2D eigenvalue weighted by Gasteiger charge is -2.38. The van der Waals surface area contributed by atoms with Gasteiger partial charge in [0.1, 0.15) is 24.4 Å². The molecule has 0 saturated carbocycles. The minimum Gasteiger partial charge on any atom is -0.387 e. The topological polar surface area (TPSA) is 99.4 Å². The number of unbranched alkanes of at least 4 members (excludes halogenated alkanes) is 5. The van der Waals surface area contributed by atoms with E-state index < -0.39 is 30.7 Å². The lowest BCUT2D eigenvalue weighted by Crippen LogP contribution is -2.58. The minimum absolute atomic E-state index is 0.0942. The van der Waals surface area contributed by atoms with Crippen molar-refractivity contribution in [2.75, 3.05) is 13.2 Å². The normalized spacial score (nSPS) is 34.4. The number of aliphatic hydroxyl groups excluding tert-OH is 4. The van der Waals surface area contributed by atoms with E-state index in [4.69, 9.17) is 9.47 Å². The molecule has 0 aromatic rings. The van der Waals surface area contributed by atoms with E-state index >= 15 is 0 Å². The average Bonchev–Trinajstić information content (AvgIpc) is 2.44. The summed E-state index contributed by atoms with van der Waals surface area (Å²) in [6.45, 7) is 2.84. The van der Waals surface area contributed by atoms with Gasteiger partial charge >= 0.3 is 0 Å². The van der Waals surface area contributed by atoms with E-state index in [0.717, 1.165) is 12.8 Å². The van der Waals surface area contributed by atoms with Gasteiger partial charge in [-0.05, 0) is 6.42 Å². The highest BCUT2D eigenvalue weighted by atomic mass is 16.6. The highest BCUT2D eigenvalue weighted by molar-refractivity contribution is 4.88. The average molecular weight is 292 g/mol. The Bertz CT molecular complexity index is 250. The highest BCUT2D eigenvalue weighted by Gasteiger charge is 2.42. The Hall–Kier alpha value is -0.240. The molecule has 1 rings (SSSR count). The van der Waals surface area contributed by atoms with Crippen molar-refractivity contribution in [2.24, 2.45) is 0 Å². The van der Waals surface area contributed by atoms with Crippen molar-refractivity contribution in [2.45, 2.75) is 76.2 Å². The van der Waals surface area contributed by atoms with Crippen LogP contribution in [0.25, 0.3) is 0 Å². The molecule has 0 aromatic heterocycles. The molecule has 20 heavy (non-hydrogen) atoms. The van der Waals surface area contributed by atoms with E-state index in [0.29, 0.717) is 6.61 Å². The van der Waals surface area contributed by atoms with Gasteiger partial charge in [0.05, 0.1) is 6.61 Å². The molecule has 1 fully saturated rings. The van der Waals surface area contributed by atoms with Gasteiger partial charge in [0.25, 0.3) is 0 Å². The zero-order valence-electron chi connectivity index (χ0n) is 12.1. The molecule has 1 aliphatic heterocycles. The van der Waals surface area contributed by atoms with Crippen molar-refractivity contribution < 1.29 is 29.9 Å². The van der Waals surface area contributed by atoms with Crippen LogP contribution in [0, 0.1) is 0 Å². The third-order valence-electron chi connectivity index (χ3n) is 3.61. The van der Waals surface area contributed by atoms with Crippen molar-refractivity contribution in [1.82, 2.24) is 0 Å². The second-order valence-corrected chi connectivity index (χ2v) is 5.38. The van der Waals surface area contributed by atoms with Gasteiger partial charge in [0.2, 0.25) is 0 Å². The predicted octanol–water partition coefficient (Wildman–Crippen LogP) is 0.163. The molecular weight excluding hydrogens is 264 g/mol. The van der Waals surface area contributed by atoms with Crippen LogP contribution < -0.4 is 0 Å². The van der Waals surface area contributed by atoms with Gasteiger partial charge in [-0.3, -0.25) is 0 Å². The SMILES string of the molecule is CCCCCCCCOC[C@H]1OC(O)[C@H](O)[C@@H](O)[C@@H]1O. The van der Waals surface area contributed by atoms with Crippen LogP contribution >= 0.6 is 0 Å². The van der Waals surface area contributed by atoms with E-state index in [1.165, 1.54) is 25.7 Å². The van der Waals surface area contributed by atoms with Crippen LogP contribution in [0.1, 0.15) is 45.4 Å². The van der Waals surface area contributed by atoms with Gasteiger partial charge in [0.15, 0.2) is 6.29 Å². The van der Waals surface area contributed by atoms with E-state index in [1.54, 1.807) is 0 Å². The van der Waals surface area contributed by atoms with Gasteiger partial charge in [0, 0.05) is 6.61 Å². The molecular formula is C14H28O6. The molecule has 1 heterocycles. The quantitative estimate of drug-likeness (QED) is 0.452. The van der Waals surface area contributed by atoms with E-state index in [1.807, 2.05) is 0 Å². The van der Waals surface area contributed by atoms with Gasteiger partial charge in [-0.1, -0.05) is 39.0 Å². The summed E-state index contributed by atoms with van der Waals surface area (Å²) < 4.78 is 10.4. The highest BCUT2D eigenvalue weighted by Crippen LogP contribution is 2.20. The first-order valence-electron chi connectivity index (χ1n) is 7.53. The Morgan fingerprint density at radius 3 is 2.20 bits per heavy atom. The van der Waals surface area contributed by atoms with Crippen molar-refractivity contribution in [3.05, 3.63) is 0 Å². The molecule has 0 aliphatic carbocycles. The number of hydrogen-bond donors (Lipinski definition) is 4. The molecule has 0 spiro atoms. The van der Waals surface area contributed by atoms with Crippen LogP contribution in [0.5, 0.6) is 0 Å². The van der Waals surface area contributed by atoms with Crippen LogP contribution in [-0.2, 0) is 9.47 Å². The fourth-order valence-corrected chi connectivity index (χ4v) is 2.25. The van der Waals surface area contributed by atoms with Crippen molar-refractivity contribution >= 4 is 0 Å². The summed E-state index contributed by atoms with van der Waals surface area (Å²) in [4.78, 5) is 0. The van der Waals surface area contributed by atoms with E-state index in [-0.39, 0.29) is 6.61 Å². The summed E-state index contributed by atoms with van der Waals surface area (Å²) in [5, 5.41) is 37.9. The zero-order chi connectivity index (χ0) is 15.0. The van der Waals surface area contributed by atoms with Crippen LogP contribution in [0.2, 0.25) is 0 Å². The summed E-state index contributed by atoms with van der Waals surface area (Å²) in [5.74, 6) is 0. The van der Waals surface area contributed by atoms with Crippen molar-refractivity contribution in [3.8, 4) is 0 Å². The molecule has 1 unspecified atom stereocenters. The molecule has 6 heteroatoms. The standard InChI is InChI=1S/C14H28O6/c1-2-3-4-5-6-7-8-19-9-10-11(15)12(16)13(17)14(18)20-10/h10-18H,2-9H2,1H3/t10-,11-,12+,13-,14?/m1/s1. The van der Waals surface area contributed by atoms with Gasteiger partial charge in [-0.15, -0.1) is 0 Å². The molecule has 120 valence electrons. The monoisotopic (exact) mass is 292 g/mol. The first kappa shape index (κ1) is 17.8. The predicted molar refractivity (Wildman–Crippen MR) is 73.1 cm³/mol. The summed E-state index contributed by atoms with van der Waals surface area (Å²) in [5.41, 5.74) is 0. The molecule has 1 saturated heterocycles. The minimum atomic E-state index is -1.49. The molecule has 4 N–H and O–H groups in total. The Kier molecular flexibility index (Phi) is 8.60. The maximum absolute atomic E-state index is 9.70. The first-order chi connectivity index (χ1) is 9.57. The lowest BCUT2D eigenvalue weighted by molar-refractivity contribution is -0.288. The Morgan fingerprint density at radius 1 is 0.850 bits per heavy atom. The Labute approximate surface area is 120 Å². The zero-order valence-corrected chi connectivity index (χ0v) is 12.1. The van der Waals surface area contributed by atoms with Crippen molar-refractivity contribution in [1.29, 1.82) is 0 Å². The van der Waals surface area contributed by atoms with Crippen molar-refractivity contribution in [3.63, 3.8) is 0 Å². The fourth-order valence-electron chi connectivity index (χ4n) is 2.25.